The van der Waals surface area contributed by atoms with E-state index in [-0.39, 0.29) is 0 Å². The van der Waals surface area contributed by atoms with Crippen molar-refractivity contribution in [3.63, 3.8) is 0 Å². The van der Waals surface area contributed by atoms with Gasteiger partial charge in [-0.15, -0.1) is 11.3 Å². The van der Waals surface area contributed by atoms with Crippen molar-refractivity contribution in [2.24, 2.45) is 0 Å². The topological polar surface area (TPSA) is 28.7 Å². The average molecular weight is 238 g/mol. The lowest BCUT2D eigenvalue weighted by atomic mass is 10.1. The Kier molecular flexibility index (Phi) is 2.89. The first-order chi connectivity index (χ1) is 7.17. The molecule has 0 aromatic carbocycles. The molecule has 80 valence electrons. The zero-order chi connectivity index (χ0) is 11.0. The Morgan fingerprint density at radius 2 is 2.07 bits per heavy atom. The number of nitrogens with one attached hydrogen (secondary N) is 1. The summed E-state index contributed by atoms with van der Waals surface area (Å²) in [5.41, 5.74) is 1.35. The van der Waals surface area contributed by atoms with Crippen LogP contribution in [0.25, 0.3) is 10.2 Å². The van der Waals surface area contributed by atoms with Crippen LogP contribution in [-0.4, -0.2) is 9.97 Å². The lowest BCUT2D eigenvalue weighted by molar-refractivity contribution is 0.957. The second kappa shape index (κ2) is 4.02. The summed E-state index contributed by atoms with van der Waals surface area (Å²) >= 11 is 7.13. The van der Waals surface area contributed by atoms with E-state index in [0.717, 1.165) is 33.5 Å². The molecule has 2 nitrogen and oxygen atoms in total. The Bertz CT molecular complexity index is 551. The SMILES string of the molecule is CCc1nc2sc(C)c(CC)c2c(=S)[nH]1. The van der Waals surface area contributed by atoms with Crippen LogP contribution >= 0.6 is 23.6 Å². The second-order valence-corrected chi connectivity index (χ2v) is 5.15. The fourth-order valence-corrected chi connectivity index (χ4v) is 3.36. The number of nitrogens with zero attached hydrogens (tertiary/aromatic N) is 1. The van der Waals surface area contributed by atoms with E-state index in [9.17, 15) is 0 Å². The van der Waals surface area contributed by atoms with Gasteiger partial charge in [-0.1, -0.05) is 26.1 Å². The number of fused-ring (bicyclic) bond motifs is 1. The van der Waals surface area contributed by atoms with E-state index >= 15 is 0 Å². The lowest BCUT2D eigenvalue weighted by Gasteiger charge is -1.99. The molecule has 0 fully saturated rings. The zero-order valence-electron chi connectivity index (χ0n) is 9.18. The summed E-state index contributed by atoms with van der Waals surface area (Å²) in [7, 11) is 0. The van der Waals surface area contributed by atoms with Crippen molar-refractivity contribution in [1.29, 1.82) is 0 Å². The van der Waals surface area contributed by atoms with Gasteiger partial charge < -0.3 is 4.98 Å². The molecule has 2 heterocycles. The van der Waals surface area contributed by atoms with E-state index in [1.807, 2.05) is 0 Å². The minimum atomic E-state index is 0.845. The number of thiophene rings is 1. The van der Waals surface area contributed by atoms with Crippen LogP contribution in [0, 0.1) is 11.6 Å². The molecule has 2 aromatic heterocycles. The second-order valence-electron chi connectivity index (χ2n) is 3.54. The highest BCUT2D eigenvalue weighted by Gasteiger charge is 2.10. The van der Waals surface area contributed by atoms with E-state index in [0.29, 0.717) is 0 Å². The molecule has 0 aliphatic rings. The van der Waals surface area contributed by atoms with Crippen LogP contribution in [0.4, 0.5) is 0 Å². The molecule has 2 rings (SSSR count). The van der Waals surface area contributed by atoms with Gasteiger partial charge in [0.25, 0.3) is 0 Å². The molecule has 0 bridgehead atoms. The van der Waals surface area contributed by atoms with Crippen LogP contribution in [0.2, 0.25) is 0 Å². The van der Waals surface area contributed by atoms with Gasteiger partial charge in [-0.2, -0.15) is 0 Å². The molecule has 0 aliphatic carbocycles. The fourth-order valence-electron chi connectivity index (χ4n) is 1.81. The number of hydrogen-bond acceptors (Lipinski definition) is 3. The van der Waals surface area contributed by atoms with Crippen molar-refractivity contribution in [3.8, 4) is 0 Å². The van der Waals surface area contributed by atoms with Crippen molar-refractivity contribution in [1.82, 2.24) is 9.97 Å². The third-order valence-electron chi connectivity index (χ3n) is 2.60. The van der Waals surface area contributed by atoms with Crippen LogP contribution in [0.15, 0.2) is 0 Å². The molecule has 15 heavy (non-hydrogen) atoms. The van der Waals surface area contributed by atoms with Crippen molar-refractivity contribution >= 4 is 33.8 Å². The Hall–Kier alpha value is -0.740. The minimum Gasteiger partial charge on any atom is -0.334 e. The normalized spacial score (nSPS) is 11.1. The standard InChI is InChI=1S/C11H14N2S2/c1-4-7-6(3)15-11-9(7)10(14)12-8(5-2)13-11/h4-5H2,1-3H3,(H,12,13,14). The van der Waals surface area contributed by atoms with Gasteiger partial charge in [0.05, 0.1) is 0 Å². The largest absolute Gasteiger partial charge is 0.334 e. The molecule has 0 atom stereocenters. The smallest absolute Gasteiger partial charge is 0.128 e. The van der Waals surface area contributed by atoms with Gasteiger partial charge in [0.2, 0.25) is 0 Å². The number of rotatable bonds is 2. The molecule has 0 spiro atoms. The summed E-state index contributed by atoms with van der Waals surface area (Å²) in [6.07, 6.45) is 1.93. The first kappa shape index (κ1) is 10.8. The third-order valence-corrected chi connectivity index (χ3v) is 3.95. The first-order valence-electron chi connectivity index (χ1n) is 5.18. The summed E-state index contributed by atoms with van der Waals surface area (Å²) in [5, 5.41) is 1.16. The molecule has 0 radical (unpaired) electrons. The summed E-state index contributed by atoms with van der Waals surface area (Å²) in [6.45, 7) is 6.39. The lowest BCUT2D eigenvalue weighted by Crippen LogP contribution is -1.93. The number of hydrogen-bond donors (Lipinski definition) is 1. The molecule has 0 saturated heterocycles. The van der Waals surface area contributed by atoms with Gasteiger partial charge in [-0.25, -0.2) is 4.98 Å². The van der Waals surface area contributed by atoms with Crippen molar-refractivity contribution in [3.05, 3.63) is 20.9 Å². The monoisotopic (exact) mass is 238 g/mol. The van der Waals surface area contributed by atoms with Crippen LogP contribution in [0.5, 0.6) is 0 Å². The van der Waals surface area contributed by atoms with Crippen LogP contribution in [-0.2, 0) is 12.8 Å². The molecule has 4 heteroatoms. The molecule has 1 N–H and O–H groups in total. The Morgan fingerprint density at radius 3 is 2.67 bits per heavy atom. The maximum Gasteiger partial charge on any atom is 0.128 e. The Labute approximate surface area is 98.4 Å². The first-order valence-corrected chi connectivity index (χ1v) is 6.41. The van der Waals surface area contributed by atoms with Gasteiger partial charge in [0.1, 0.15) is 15.3 Å². The predicted octanol–water partition coefficient (Wildman–Crippen LogP) is 3.79. The fraction of sp³-hybridized carbons (Fsp3) is 0.455. The number of aromatic nitrogens is 2. The van der Waals surface area contributed by atoms with Gasteiger partial charge in [0.15, 0.2) is 0 Å². The minimum absolute atomic E-state index is 0.845. The highest BCUT2D eigenvalue weighted by molar-refractivity contribution is 7.71. The van der Waals surface area contributed by atoms with Gasteiger partial charge >= 0.3 is 0 Å². The van der Waals surface area contributed by atoms with Crippen molar-refractivity contribution < 1.29 is 0 Å². The van der Waals surface area contributed by atoms with E-state index in [1.165, 1.54) is 10.4 Å². The summed E-state index contributed by atoms with van der Waals surface area (Å²) in [4.78, 5) is 10.2. The Balaban J connectivity index is 2.85. The third kappa shape index (κ3) is 1.72. The van der Waals surface area contributed by atoms with Gasteiger partial charge in [-0.05, 0) is 18.9 Å². The van der Waals surface area contributed by atoms with E-state index in [4.69, 9.17) is 12.2 Å². The molecular weight excluding hydrogens is 224 g/mol. The number of aromatic amines is 1. The molecule has 2 aromatic rings. The summed E-state index contributed by atoms with van der Waals surface area (Å²) in [5.74, 6) is 0.983. The summed E-state index contributed by atoms with van der Waals surface area (Å²) in [6, 6.07) is 0. The molecule has 0 saturated carbocycles. The van der Waals surface area contributed by atoms with E-state index < -0.39 is 0 Å². The van der Waals surface area contributed by atoms with E-state index in [2.05, 4.69) is 30.7 Å². The van der Waals surface area contributed by atoms with Gasteiger partial charge in [0, 0.05) is 16.7 Å². The molecular formula is C11H14N2S2. The predicted molar refractivity (Wildman–Crippen MR) is 68.3 cm³/mol. The Morgan fingerprint density at radius 1 is 1.33 bits per heavy atom. The van der Waals surface area contributed by atoms with Gasteiger partial charge in [-0.3, -0.25) is 0 Å². The number of aryl methyl sites for hydroxylation is 3. The average Bonchev–Trinajstić information content (AvgIpc) is 2.53. The van der Waals surface area contributed by atoms with Crippen molar-refractivity contribution in [2.45, 2.75) is 33.6 Å². The maximum atomic E-state index is 5.39. The van der Waals surface area contributed by atoms with Crippen LogP contribution < -0.4 is 0 Å². The van der Waals surface area contributed by atoms with Crippen molar-refractivity contribution in [2.75, 3.05) is 0 Å². The molecule has 0 unspecified atom stereocenters. The summed E-state index contributed by atoms with van der Waals surface area (Å²) < 4.78 is 0.845. The van der Waals surface area contributed by atoms with Crippen LogP contribution in [0.3, 0.4) is 0 Å². The molecule has 0 aliphatic heterocycles. The molecule has 0 amide bonds. The highest BCUT2D eigenvalue weighted by atomic mass is 32.1. The zero-order valence-corrected chi connectivity index (χ0v) is 10.8. The maximum absolute atomic E-state index is 5.39. The van der Waals surface area contributed by atoms with Crippen LogP contribution in [0.1, 0.15) is 30.1 Å². The quantitative estimate of drug-likeness (QED) is 0.806. The van der Waals surface area contributed by atoms with E-state index in [1.54, 1.807) is 11.3 Å². The highest BCUT2D eigenvalue weighted by Crippen LogP contribution is 2.30. The number of H-pyrrole nitrogens is 1.